The predicted molar refractivity (Wildman–Crippen MR) is 144 cm³/mol. The van der Waals surface area contributed by atoms with Gasteiger partial charge in [-0.15, -0.1) is 11.3 Å². The van der Waals surface area contributed by atoms with Crippen LogP contribution < -0.4 is 10.9 Å². The topological polar surface area (TPSA) is 64.0 Å². The van der Waals surface area contributed by atoms with Crippen molar-refractivity contribution in [2.45, 2.75) is 51.4 Å². The normalized spacial score (nSPS) is 11.7. The summed E-state index contributed by atoms with van der Waals surface area (Å²) in [6.07, 6.45) is -1.98. The summed E-state index contributed by atoms with van der Waals surface area (Å²) in [6, 6.07) is 12.4. The molecule has 0 unspecified atom stereocenters. The zero-order chi connectivity index (χ0) is 26.7. The summed E-state index contributed by atoms with van der Waals surface area (Å²) < 4.78 is 41.5. The molecule has 0 aliphatic heterocycles. The van der Waals surface area contributed by atoms with E-state index in [9.17, 15) is 22.8 Å². The van der Waals surface area contributed by atoms with E-state index in [0.717, 1.165) is 53.1 Å². The van der Waals surface area contributed by atoms with Gasteiger partial charge in [0.15, 0.2) is 5.16 Å². The minimum absolute atomic E-state index is 0.219. The fraction of sp³-hybridized carbons (Fsp3) is 0.296. The average Bonchev–Trinajstić information content (AvgIpc) is 3.18. The van der Waals surface area contributed by atoms with Gasteiger partial charge < -0.3 is 5.32 Å². The Morgan fingerprint density at radius 2 is 1.81 bits per heavy atom. The molecule has 0 atom stereocenters. The van der Waals surface area contributed by atoms with Crippen LogP contribution in [0.3, 0.4) is 0 Å². The van der Waals surface area contributed by atoms with Crippen molar-refractivity contribution in [1.29, 1.82) is 0 Å². The van der Waals surface area contributed by atoms with Gasteiger partial charge in [0.2, 0.25) is 5.91 Å². The third kappa shape index (κ3) is 5.75. The standard InChI is InChI=1S/C27H26F3N3O2S2/c1-4-8-21-16(3)23-24(37-21)32-26(33(25(23)35)18-13-11-17(5-2)12-14-18)36-15-22(34)31-20-10-7-6-9-19(20)27(28,29)30/h6-7,9-14H,4-5,8,15H2,1-3H3,(H,31,34). The molecule has 194 valence electrons. The number of aryl methyl sites for hydroxylation is 3. The number of hydrogen-bond donors (Lipinski definition) is 1. The molecule has 2 aromatic carbocycles. The van der Waals surface area contributed by atoms with E-state index >= 15 is 0 Å². The van der Waals surface area contributed by atoms with Gasteiger partial charge in [0.25, 0.3) is 5.56 Å². The van der Waals surface area contributed by atoms with E-state index in [1.54, 1.807) is 0 Å². The number of carbonyl (C=O) groups excluding carboxylic acids is 1. The van der Waals surface area contributed by atoms with E-state index < -0.39 is 17.6 Å². The monoisotopic (exact) mass is 545 g/mol. The highest BCUT2D eigenvalue weighted by Crippen LogP contribution is 2.35. The summed E-state index contributed by atoms with van der Waals surface area (Å²) in [5, 5.41) is 3.22. The minimum Gasteiger partial charge on any atom is -0.325 e. The maximum Gasteiger partial charge on any atom is 0.418 e. The molecule has 2 aromatic heterocycles. The second-order valence-corrected chi connectivity index (χ2v) is 10.5. The number of rotatable bonds is 8. The van der Waals surface area contributed by atoms with Crippen LogP contribution in [0.5, 0.6) is 0 Å². The van der Waals surface area contributed by atoms with Gasteiger partial charge in [-0.3, -0.25) is 14.2 Å². The van der Waals surface area contributed by atoms with Gasteiger partial charge in [-0.25, -0.2) is 4.98 Å². The molecular weight excluding hydrogens is 519 g/mol. The Labute approximate surface area is 220 Å². The molecule has 0 radical (unpaired) electrons. The van der Waals surface area contributed by atoms with E-state index in [1.165, 1.54) is 34.1 Å². The molecule has 0 aliphatic rings. The summed E-state index contributed by atoms with van der Waals surface area (Å²) in [5.41, 5.74) is 1.18. The highest BCUT2D eigenvalue weighted by molar-refractivity contribution is 7.99. The third-order valence-electron chi connectivity index (χ3n) is 5.95. The number of aromatic nitrogens is 2. The number of nitrogens with one attached hydrogen (secondary N) is 1. The molecule has 2 heterocycles. The Balaban J connectivity index is 1.71. The lowest BCUT2D eigenvalue weighted by atomic mass is 10.1. The van der Waals surface area contributed by atoms with Gasteiger partial charge in [-0.05, 0) is 55.2 Å². The molecule has 0 spiro atoms. The molecule has 1 amide bonds. The largest absolute Gasteiger partial charge is 0.418 e. The number of amides is 1. The zero-order valence-electron chi connectivity index (χ0n) is 20.6. The summed E-state index contributed by atoms with van der Waals surface area (Å²) in [6.45, 7) is 6.03. The van der Waals surface area contributed by atoms with E-state index in [2.05, 4.69) is 12.2 Å². The molecule has 0 fully saturated rings. The number of para-hydroxylation sites is 1. The van der Waals surface area contributed by atoms with E-state index in [0.29, 0.717) is 21.1 Å². The highest BCUT2D eigenvalue weighted by Gasteiger charge is 2.33. The molecule has 0 saturated carbocycles. The summed E-state index contributed by atoms with van der Waals surface area (Å²) in [4.78, 5) is 32.8. The van der Waals surface area contributed by atoms with Crippen LogP contribution in [0.25, 0.3) is 15.9 Å². The average molecular weight is 546 g/mol. The van der Waals surface area contributed by atoms with Crippen LogP contribution in [0, 0.1) is 6.92 Å². The fourth-order valence-electron chi connectivity index (χ4n) is 4.04. The molecule has 0 saturated heterocycles. The van der Waals surface area contributed by atoms with Gasteiger partial charge in [0.05, 0.1) is 28.1 Å². The molecule has 0 bridgehead atoms. The van der Waals surface area contributed by atoms with Crippen molar-refractivity contribution in [2.75, 3.05) is 11.1 Å². The van der Waals surface area contributed by atoms with Crippen LogP contribution >= 0.6 is 23.1 Å². The second kappa shape index (κ2) is 11.1. The molecule has 1 N–H and O–H groups in total. The molecule has 37 heavy (non-hydrogen) atoms. The lowest BCUT2D eigenvalue weighted by Crippen LogP contribution is -2.23. The maximum atomic E-state index is 13.7. The Morgan fingerprint density at radius 1 is 1.11 bits per heavy atom. The Kier molecular flexibility index (Phi) is 8.08. The van der Waals surface area contributed by atoms with Crippen LogP contribution in [0.15, 0.2) is 58.5 Å². The van der Waals surface area contributed by atoms with Crippen molar-refractivity contribution in [1.82, 2.24) is 9.55 Å². The van der Waals surface area contributed by atoms with E-state index in [-0.39, 0.29) is 17.0 Å². The molecule has 10 heteroatoms. The molecule has 0 aliphatic carbocycles. The first-order valence-electron chi connectivity index (χ1n) is 11.9. The number of nitrogens with zero attached hydrogens (tertiary/aromatic N) is 2. The number of fused-ring (bicyclic) bond motifs is 1. The lowest BCUT2D eigenvalue weighted by Gasteiger charge is -2.14. The van der Waals surface area contributed by atoms with Crippen LogP contribution in [0.4, 0.5) is 18.9 Å². The smallest absolute Gasteiger partial charge is 0.325 e. The zero-order valence-corrected chi connectivity index (χ0v) is 22.2. The molecule has 5 nitrogen and oxygen atoms in total. The lowest BCUT2D eigenvalue weighted by molar-refractivity contribution is -0.137. The first-order valence-corrected chi connectivity index (χ1v) is 13.7. The van der Waals surface area contributed by atoms with Crippen LogP contribution in [-0.4, -0.2) is 21.2 Å². The van der Waals surface area contributed by atoms with Gasteiger partial charge in [-0.1, -0.05) is 56.3 Å². The minimum atomic E-state index is -4.60. The summed E-state index contributed by atoms with van der Waals surface area (Å²) in [5.74, 6) is -0.846. The second-order valence-electron chi connectivity index (χ2n) is 8.52. The van der Waals surface area contributed by atoms with Crippen LogP contribution in [0.1, 0.15) is 41.8 Å². The van der Waals surface area contributed by atoms with Gasteiger partial charge in [0.1, 0.15) is 4.83 Å². The number of hydrogen-bond acceptors (Lipinski definition) is 5. The number of thioether (sulfide) groups is 1. The van der Waals surface area contributed by atoms with Crippen LogP contribution in [0.2, 0.25) is 0 Å². The van der Waals surface area contributed by atoms with Crippen molar-refractivity contribution < 1.29 is 18.0 Å². The Hall–Kier alpha value is -3.11. The third-order valence-corrected chi connectivity index (χ3v) is 8.14. The van der Waals surface area contributed by atoms with E-state index in [1.807, 2.05) is 38.1 Å². The maximum absolute atomic E-state index is 13.7. The fourth-order valence-corrected chi connectivity index (χ4v) is 6.17. The first kappa shape index (κ1) is 26.9. The number of halogens is 3. The van der Waals surface area contributed by atoms with Crippen molar-refractivity contribution in [3.05, 3.63) is 80.5 Å². The summed E-state index contributed by atoms with van der Waals surface area (Å²) >= 11 is 2.48. The number of anilines is 1. The van der Waals surface area contributed by atoms with Gasteiger partial charge >= 0.3 is 6.18 Å². The Bertz CT molecular complexity index is 1490. The summed E-state index contributed by atoms with van der Waals surface area (Å²) in [7, 11) is 0. The van der Waals surface area contributed by atoms with E-state index in [4.69, 9.17) is 4.98 Å². The van der Waals surface area contributed by atoms with Crippen molar-refractivity contribution in [3.63, 3.8) is 0 Å². The van der Waals surface area contributed by atoms with Gasteiger partial charge in [-0.2, -0.15) is 13.2 Å². The van der Waals surface area contributed by atoms with Crippen LogP contribution in [-0.2, 0) is 23.8 Å². The Morgan fingerprint density at radius 3 is 2.46 bits per heavy atom. The molecule has 4 aromatic rings. The number of thiophene rings is 1. The van der Waals surface area contributed by atoms with Crippen molar-refractivity contribution in [2.24, 2.45) is 0 Å². The molecule has 4 rings (SSSR count). The quantitative estimate of drug-likeness (QED) is 0.191. The SMILES string of the molecule is CCCc1sc2nc(SCC(=O)Nc3ccccc3C(F)(F)F)n(-c3ccc(CC)cc3)c(=O)c2c1C. The number of alkyl halides is 3. The highest BCUT2D eigenvalue weighted by atomic mass is 32.2. The predicted octanol–water partition coefficient (Wildman–Crippen LogP) is 7.02. The van der Waals surface area contributed by atoms with Gasteiger partial charge in [0, 0.05) is 4.88 Å². The number of benzene rings is 2. The first-order chi connectivity index (χ1) is 17.6. The van der Waals surface area contributed by atoms with Crippen molar-refractivity contribution in [3.8, 4) is 5.69 Å². The number of carbonyl (C=O) groups is 1. The van der Waals surface area contributed by atoms with Crippen molar-refractivity contribution >= 4 is 44.9 Å². The molecular formula is C27H26F3N3O2S2.